The molecule has 0 saturated carbocycles. The molecule has 0 atom stereocenters. The van der Waals surface area contributed by atoms with Crippen LogP contribution in [-0.2, 0) is 4.43 Å². The summed E-state index contributed by atoms with van der Waals surface area (Å²) in [5.41, 5.74) is -0.190. The number of rotatable bonds is 3. The van der Waals surface area contributed by atoms with E-state index in [9.17, 15) is 14.7 Å². The van der Waals surface area contributed by atoms with E-state index in [1.165, 1.54) is 6.07 Å². The third-order valence-electron chi connectivity index (χ3n) is 2.70. The second kappa shape index (κ2) is 5.46. The summed E-state index contributed by atoms with van der Waals surface area (Å²) in [5.74, 6) is -2.37. The van der Waals surface area contributed by atoms with Gasteiger partial charge in [0.25, 0.3) is 0 Å². The van der Waals surface area contributed by atoms with Gasteiger partial charge in [-0.05, 0) is 17.7 Å². The number of carboxylic acids is 2. The van der Waals surface area contributed by atoms with Gasteiger partial charge in [-0.3, -0.25) is 0 Å². The quantitative estimate of drug-likeness (QED) is 0.779. The molecule has 1 aliphatic heterocycles. The van der Waals surface area contributed by atoms with Gasteiger partial charge in [0, 0.05) is 6.61 Å². The Kier molecular flexibility index (Phi) is 3.95. The van der Waals surface area contributed by atoms with Crippen LogP contribution < -0.4 is 5.19 Å². The van der Waals surface area contributed by atoms with Crippen molar-refractivity contribution in [2.75, 3.05) is 6.61 Å². The van der Waals surface area contributed by atoms with Crippen LogP contribution in [0.25, 0.3) is 0 Å². The highest BCUT2D eigenvalue weighted by Gasteiger charge is 2.28. The monoisotopic (exact) mass is 279 g/mol. The molecule has 2 rings (SSSR count). The van der Waals surface area contributed by atoms with E-state index >= 15 is 0 Å². The number of hydrogen-bond donors (Lipinski definition) is 2. The molecule has 7 heteroatoms. The lowest BCUT2D eigenvalue weighted by molar-refractivity contribution is 0.0652. The van der Waals surface area contributed by atoms with Gasteiger partial charge in [0.1, 0.15) is 8.31 Å². The van der Waals surface area contributed by atoms with Crippen molar-refractivity contribution in [3.05, 3.63) is 29.3 Å². The standard InChI is InChI=1S/C11H11O5Si2/c12-10(13)7-3-1-4-8(9(7)11(14)15)18-6-2-5-16-17-18/h1,3-4H,2,5-6H2,(H,12,13)(H,14,15). The summed E-state index contributed by atoms with van der Waals surface area (Å²) in [4.78, 5) is 22.4. The number of carboxylic acid groups (broad SMARTS) is 2. The van der Waals surface area contributed by atoms with E-state index in [2.05, 4.69) is 0 Å². The molecule has 1 aromatic rings. The van der Waals surface area contributed by atoms with Crippen molar-refractivity contribution in [2.24, 2.45) is 0 Å². The summed E-state index contributed by atoms with van der Waals surface area (Å²) in [6.45, 7) is 0.716. The van der Waals surface area contributed by atoms with Gasteiger partial charge in [0.05, 0.1) is 11.1 Å². The molecule has 0 aliphatic carbocycles. The molecule has 3 radical (unpaired) electrons. The van der Waals surface area contributed by atoms with Crippen molar-refractivity contribution in [2.45, 2.75) is 12.5 Å². The summed E-state index contributed by atoms with van der Waals surface area (Å²) < 4.78 is 5.40. The molecule has 18 heavy (non-hydrogen) atoms. The SMILES string of the molecule is O=C(O)c1cccc([Si]2CCCO[Si]2)c1C(=O)O. The highest BCUT2D eigenvalue weighted by atomic mass is 29.2. The van der Waals surface area contributed by atoms with Crippen LogP contribution in [0.15, 0.2) is 18.2 Å². The van der Waals surface area contributed by atoms with E-state index in [-0.39, 0.29) is 11.1 Å². The Labute approximate surface area is 108 Å². The summed E-state index contributed by atoms with van der Waals surface area (Å²) in [6, 6.07) is 5.62. The van der Waals surface area contributed by atoms with Crippen LogP contribution >= 0.6 is 0 Å². The van der Waals surface area contributed by atoms with Gasteiger partial charge in [-0.2, -0.15) is 0 Å². The van der Waals surface area contributed by atoms with Crippen LogP contribution in [0.3, 0.4) is 0 Å². The Morgan fingerprint density at radius 1 is 1.28 bits per heavy atom. The van der Waals surface area contributed by atoms with Gasteiger partial charge in [0.2, 0.25) is 9.28 Å². The highest BCUT2D eigenvalue weighted by Crippen LogP contribution is 2.12. The molecule has 1 aliphatic rings. The van der Waals surface area contributed by atoms with Crippen molar-refractivity contribution in [3.8, 4) is 0 Å². The molecule has 2 N–H and O–H groups in total. The van der Waals surface area contributed by atoms with Crippen LogP contribution in [0.1, 0.15) is 27.1 Å². The molecule has 1 aromatic carbocycles. The molecule has 0 amide bonds. The van der Waals surface area contributed by atoms with Crippen molar-refractivity contribution in [3.63, 3.8) is 0 Å². The van der Waals surface area contributed by atoms with Gasteiger partial charge in [-0.25, -0.2) is 9.59 Å². The molecule has 1 saturated heterocycles. The molecular formula is C11H11O5Si2. The fourth-order valence-electron chi connectivity index (χ4n) is 1.91. The average molecular weight is 279 g/mol. The van der Waals surface area contributed by atoms with Crippen molar-refractivity contribution in [1.82, 2.24) is 0 Å². The maximum Gasteiger partial charge on any atom is 0.336 e. The van der Waals surface area contributed by atoms with Gasteiger partial charge in [0.15, 0.2) is 0 Å². The Balaban J connectivity index is 2.48. The second-order valence-corrected chi connectivity index (χ2v) is 8.78. The van der Waals surface area contributed by atoms with Crippen molar-refractivity contribution in [1.29, 1.82) is 0 Å². The number of hydrogen-bond acceptors (Lipinski definition) is 3. The molecule has 0 bridgehead atoms. The lowest BCUT2D eigenvalue weighted by Gasteiger charge is -2.21. The summed E-state index contributed by atoms with van der Waals surface area (Å²) in [6.07, 6.45) is 0.914. The minimum absolute atomic E-state index is 0.0584. The molecule has 1 heterocycles. The van der Waals surface area contributed by atoms with Crippen LogP contribution in [0.2, 0.25) is 6.04 Å². The summed E-state index contributed by atoms with van der Waals surface area (Å²) in [7, 11) is -0.799. The van der Waals surface area contributed by atoms with Gasteiger partial charge in [-0.1, -0.05) is 18.2 Å². The lowest BCUT2D eigenvalue weighted by Crippen LogP contribution is -2.44. The minimum atomic E-state index is -1.20. The van der Waals surface area contributed by atoms with Crippen molar-refractivity contribution >= 4 is 34.7 Å². The maximum absolute atomic E-state index is 11.3. The number of carbonyl (C=O) groups is 2. The Bertz CT molecular complexity index is 482. The third kappa shape index (κ3) is 2.52. The first kappa shape index (κ1) is 13.0. The third-order valence-corrected chi connectivity index (χ3v) is 7.95. The van der Waals surface area contributed by atoms with E-state index < -0.39 is 20.3 Å². The topological polar surface area (TPSA) is 83.8 Å². The normalized spacial score (nSPS) is 16.4. The zero-order chi connectivity index (χ0) is 13.1. The van der Waals surface area contributed by atoms with Crippen LogP contribution in [0.4, 0.5) is 0 Å². The second-order valence-electron chi connectivity index (χ2n) is 3.87. The molecule has 0 spiro atoms. The molecule has 5 nitrogen and oxygen atoms in total. The molecule has 0 unspecified atom stereocenters. The highest BCUT2D eigenvalue weighted by molar-refractivity contribution is 7.17. The zero-order valence-corrected chi connectivity index (χ0v) is 11.5. The smallest absolute Gasteiger partial charge is 0.336 e. The molecule has 0 aromatic heterocycles. The van der Waals surface area contributed by atoms with Crippen molar-refractivity contribution < 1.29 is 24.2 Å². The fraction of sp³-hybridized carbons (Fsp3) is 0.273. The van der Waals surface area contributed by atoms with E-state index in [0.29, 0.717) is 21.1 Å². The van der Waals surface area contributed by atoms with E-state index in [4.69, 9.17) is 9.53 Å². The Hall–Kier alpha value is -1.45. The predicted octanol–water partition coefficient (Wildman–Crippen LogP) is 0.321. The molecule has 1 fully saturated rings. The van der Waals surface area contributed by atoms with Crippen LogP contribution in [-0.4, -0.2) is 46.4 Å². The maximum atomic E-state index is 11.3. The van der Waals surface area contributed by atoms with Crippen LogP contribution in [0.5, 0.6) is 0 Å². The first-order valence-corrected chi connectivity index (χ1v) is 9.06. The first-order chi connectivity index (χ1) is 8.61. The summed E-state index contributed by atoms with van der Waals surface area (Å²) >= 11 is 0. The minimum Gasteiger partial charge on any atom is -0.478 e. The first-order valence-electron chi connectivity index (χ1n) is 5.45. The van der Waals surface area contributed by atoms with E-state index in [1.54, 1.807) is 12.1 Å². The number of aromatic carboxylic acids is 2. The van der Waals surface area contributed by atoms with E-state index in [0.717, 1.165) is 12.5 Å². The fourth-order valence-corrected chi connectivity index (χ4v) is 6.77. The van der Waals surface area contributed by atoms with E-state index in [1.807, 2.05) is 0 Å². The average Bonchev–Trinajstić information content (AvgIpc) is 2.38. The zero-order valence-electron chi connectivity index (χ0n) is 9.47. The van der Waals surface area contributed by atoms with Gasteiger partial charge < -0.3 is 14.6 Å². The lowest BCUT2D eigenvalue weighted by atomic mass is 10.1. The number of benzene rings is 1. The molecule has 93 valence electrons. The molecular weight excluding hydrogens is 268 g/mol. The van der Waals surface area contributed by atoms with Crippen LogP contribution in [0, 0.1) is 0 Å². The Morgan fingerprint density at radius 3 is 2.61 bits per heavy atom. The summed E-state index contributed by atoms with van der Waals surface area (Å²) in [5, 5.41) is 19.0. The largest absolute Gasteiger partial charge is 0.478 e. The predicted molar refractivity (Wildman–Crippen MR) is 66.9 cm³/mol. The Morgan fingerprint density at radius 2 is 2.06 bits per heavy atom. The van der Waals surface area contributed by atoms with Gasteiger partial charge in [-0.15, -0.1) is 0 Å². The van der Waals surface area contributed by atoms with Gasteiger partial charge >= 0.3 is 11.9 Å².